The molecule has 0 atom stereocenters. The highest BCUT2D eigenvalue weighted by atomic mass is 32.1. The summed E-state index contributed by atoms with van der Waals surface area (Å²) >= 11 is 1.33. The first kappa shape index (κ1) is 25.5. The van der Waals surface area contributed by atoms with Crippen molar-refractivity contribution in [3.63, 3.8) is 0 Å². The van der Waals surface area contributed by atoms with Gasteiger partial charge < -0.3 is 19.4 Å². The smallest absolute Gasteiger partial charge is 0.341 e. The monoisotopic (exact) mass is 504 g/mol. The molecule has 0 aliphatic heterocycles. The van der Waals surface area contributed by atoms with Gasteiger partial charge in [0.1, 0.15) is 22.0 Å². The van der Waals surface area contributed by atoms with Gasteiger partial charge in [0.05, 0.1) is 13.2 Å². The zero-order valence-electron chi connectivity index (χ0n) is 21.7. The summed E-state index contributed by atoms with van der Waals surface area (Å²) in [4.78, 5) is 26.7. The number of aryl methyl sites for hydroxylation is 4. The quantitative estimate of drug-likeness (QED) is 0.259. The van der Waals surface area contributed by atoms with Crippen molar-refractivity contribution in [2.45, 2.75) is 48.1 Å². The molecule has 36 heavy (non-hydrogen) atoms. The van der Waals surface area contributed by atoms with E-state index in [2.05, 4.69) is 11.4 Å². The van der Waals surface area contributed by atoms with Gasteiger partial charge in [-0.05, 0) is 76.4 Å². The maximum atomic E-state index is 13.7. The van der Waals surface area contributed by atoms with Crippen LogP contribution in [0.2, 0.25) is 0 Å². The number of nitrogens with one attached hydrogen (secondary N) is 1. The minimum absolute atomic E-state index is 0.250. The molecule has 4 rings (SSSR count). The van der Waals surface area contributed by atoms with Crippen molar-refractivity contribution in [3.05, 3.63) is 69.7 Å². The average molecular weight is 505 g/mol. The van der Waals surface area contributed by atoms with Crippen LogP contribution in [0.3, 0.4) is 0 Å². The second kappa shape index (κ2) is 10.6. The van der Waals surface area contributed by atoms with Crippen LogP contribution in [0.15, 0.2) is 41.8 Å². The molecule has 0 spiro atoms. The third kappa shape index (κ3) is 4.63. The van der Waals surface area contributed by atoms with E-state index in [0.29, 0.717) is 29.4 Å². The maximum Gasteiger partial charge on any atom is 0.341 e. The highest BCUT2D eigenvalue weighted by Gasteiger charge is 2.26. The van der Waals surface area contributed by atoms with Crippen LogP contribution in [0, 0.1) is 20.8 Å². The fourth-order valence-corrected chi connectivity index (χ4v) is 5.65. The third-order valence-corrected chi connectivity index (χ3v) is 7.20. The van der Waals surface area contributed by atoms with Crippen LogP contribution in [-0.4, -0.2) is 29.7 Å². The number of hydrogen-bond acceptors (Lipinski definition) is 5. The Morgan fingerprint density at radius 3 is 2.42 bits per heavy atom. The minimum atomic E-state index is -0.446. The number of hydrogen-bond donors (Lipinski definition) is 1. The van der Waals surface area contributed by atoms with Crippen LogP contribution in [0.1, 0.15) is 58.3 Å². The number of ether oxygens (including phenoxy) is 2. The van der Waals surface area contributed by atoms with E-state index in [4.69, 9.17) is 9.47 Å². The van der Waals surface area contributed by atoms with Gasteiger partial charge >= 0.3 is 5.97 Å². The Hall–Kier alpha value is -3.58. The number of benzene rings is 2. The number of nitrogens with zero attached hydrogens (tertiary/aromatic N) is 1. The number of esters is 1. The average Bonchev–Trinajstić information content (AvgIpc) is 3.37. The van der Waals surface area contributed by atoms with Crippen LogP contribution in [-0.2, 0) is 11.3 Å². The summed E-state index contributed by atoms with van der Waals surface area (Å²) in [6.45, 7) is 13.2. The standard InChI is InChI=1S/C29H32N2O4S/c1-7-31-24-13-11-20(34-8-2)15-22(24)19(6)26(31)27(32)30-28-25(29(33)35-9-3)23(16-36-28)21-12-10-17(4)14-18(21)5/h10-16H,7-9H2,1-6H3,(H,30,32). The third-order valence-electron chi connectivity index (χ3n) is 6.30. The molecule has 2 heterocycles. The highest BCUT2D eigenvalue weighted by molar-refractivity contribution is 7.15. The van der Waals surface area contributed by atoms with Gasteiger partial charge in [0.2, 0.25) is 0 Å². The molecule has 4 aromatic rings. The second-order valence-electron chi connectivity index (χ2n) is 8.68. The van der Waals surface area contributed by atoms with Crippen LogP contribution in [0.25, 0.3) is 22.0 Å². The minimum Gasteiger partial charge on any atom is -0.494 e. The van der Waals surface area contributed by atoms with Crippen molar-refractivity contribution in [1.29, 1.82) is 0 Å². The summed E-state index contributed by atoms with van der Waals surface area (Å²) in [7, 11) is 0. The van der Waals surface area contributed by atoms with Crippen molar-refractivity contribution in [2.24, 2.45) is 0 Å². The summed E-state index contributed by atoms with van der Waals surface area (Å²) in [5, 5.41) is 6.40. The largest absolute Gasteiger partial charge is 0.494 e. The molecule has 1 amide bonds. The number of carbonyl (C=O) groups is 2. The molecule has 6 nitrogen and oxygen atoms in total. The van der Waals surface area contributed by atoms with Gasteiger partial charge in [0.25, 0.3) is 5.91 Å². The second-order valence-corrected chi connectivity index (χ2v) is 9.56. The lowest BCUT2D eigenvalue weighted by Crippen LogP contribution is -2.19. The Morgan fingerprint density at radius 1 is 0.972 bits per heavy atom. The molecule has 1 N–H and O–H groups in total. The van der Waals surface area contributed by atoms with Gasteiger partial charge in [-0.2, -0.15) is 0 Å². The van der Waals surface area contributed by atoms with Crippen LogP contribution in [0.5, 0.6) is 5.75 Å². The van der Waals surface area contributed by atoms with Crippen molar-refractivity contribution >= 4 is 39.1 Å². The number of anilines is 1. The molecule has 0 fully saturated rings. The molecule has 0 saturated heterocycles. The fraction of sp³-hybridized carbons (Fsp3) is 0.310. The van der Waals surface area contributed by atoms with E-state index in [9.17, 15) is 9.59 Å². The number of thiophene rings is 1. The van der Waals surface area contributed by atoms with Gasteiger partial charge in [-0.25, -0.2) is 4.79 Å². The topological polar surface area (TPSA) is 69.6 Å². The SMILES string of the molecule is CCOC(=O)c1c(-c2ccc(C)cc2C)csc1NC(=O)c1c(C)c2cc(OCC)ccc2n1CC. The number of aromatic nitrogens is 1. The first-order valence-corrected chi connectivity index (χ1v) is 13.1. The van der Waals surface area contributed by atoms with Crippen molar-refractivity contribution in [1.82, 2.24) is 4.57 Å². The Bertz CT molecular complexity index is 1450. The number of rotatable bonds is 8. The number of fused-ring (bicyclic) bond motifs is 1. The summed E-state index contributed by atoms with van der Waals surface area (Å²) in [6.07, 6.45) is 0. The Morgan fingerprint density at radius 2 is 1.75 bits per heavy atom. The lowest BCUT2D eigenvalue weighted by Gasteiger charge is -2.12. The van der Waals surface area contributed by atoms with Gasteiger partial charge in [-0.15, -0.1) is 11.3 Å². The lowest BCUT2D eigenvalue weighted by atomic mass is 9.97. The fourth-order valence-electron chi connectivity index (χ4n) is 4.71. The van der Waals surface area contributed by atoms with Crippen LogP contribution >= 0.6 is 11.3 Å². The lowest BCUT2D eigenvalue weighted by molar-refractivity contribution is 0.0529. The molecule has 2 aromatic carbocycles. The molecule has 0 bridgehead atoms. The molecule has 7 heteroatoms. The summed E-state index contributed by atoms with van der Waals surface area (Å²) in [6, 6.07) is 12.0. The highest BCUT2D eigenvalue weighted by Crippen LogP contribution is 2.38. The Kier molecular flexibility index (Phi) is 7.50. The first-order valence-electron chi connectivity index (χ1n) is 12.2. The van der Waals surface area contributed by atoms with E-state index < -0.39 is 5.97 Å². The molecule has 0 radical (unpaired) electrons. The van der Waals surface area contributed by atoms with Crippen LogP contribution < -0.4 is 10.1 Å². The van der Waals surface area contributed by atoms with Crippen LogP contribution in [0.4, 0.5) is 5.00 Å². The maximum absolute atomic E-state index is 13.7. The molecule has 0 saturated carbocycles. The molecular weight excluding hydrogens is 472 g/mol. The van der Waals surface area contributed by atoms with E-state index >= 15 is 0 Å². The molecule has 2 aromatic heterocycles. The first-order chi connectivity index (χ1) is 17.3. The van der Waals surface area contributed by atoms with E-state index in [1.165, 1.54) is 11.3 Å². The Labute approximate surface area is 215 Å². The number of amides is 1. The predicted octanol–water partition coefficient (Wildman–Crippen LogP) is 7.14. The molecular formula is C29H32N2O4S. The van der Waals surface area contributed by atoms with Crippen molar-refractivity contribution in [3.8, 4) is 16.9 Å². The zero-order chi connectivity index (χ0) is 26.0. The number of carbonyl (C=O) groups excluding carboxylic acids is 2. The normalized spacial score (nSPS) is 11.1. The van der Waals surface area contributed by atoms with E-state index in [1.54, 1.807) is 6.92 Å². The van der Waals surface area contributed by atoms with E-state index in [-0.39, 0.29) is 12.5 Å². The van der Waals surface area contributed by atoms with Gasteiger partial charge in [-0.3, -0.25) is 4.79 Å². The van der Waals surface area contributed by atoms with E-state index in [1.807, 2.05) is 74.9 Å². The zero-order valence-corrected chi connectivity index (χ0v) is 22.5. The molecule has 0 aliphatic carbocycles. The summed E-state index contributed by atoms with van der Waals surface area (Å²) < 4.78 is 13.1. The van der Waals surface area contributed by atoms with Gasteiger partial charge in [-0.1, -0.05) is 23.8 Å². The van der Waals surface area contributed by atoms with Crippen molar-refractivity contribution < 1.29 is 19.1 Å². The predicted molar refractivity (Wildman–Crippen MR) is 147 cm³/mol. The Balaban J connectivity index is 1.79. The summed E-state index contributed by atoms with van der Waals surface area (Å²) in [5.74, 6) is 0.0653. The van der Waals surface area contributed by atoms with Gasteiger partial charge in [0, 0.05) is 28.4 Å². The molecule has 188 valence electrons. The molecule has 0 aliphatic rings. The summed E-state index contributed by atoms with van der Waals surface area (Å²) in [5.41, 5.74) is 6.71. The van der Waals surface area contributed by atoms with E-state index in [0.717, 1.165) is 44.5 Å². The van der Waals surface area contributed by atoms with Gasteiger partial charge in [0.15, 0.2) is 0 Å². The molecule has 0 unspecified atom stereocenters. The van der Waals surface area contributed by atoms with Crippen molar-refractivity contribution in [2.75, 3.05) is 18.5 Å².